The molecule has 0 amide bonds. The van der Waals surface area contributed by atoms with Crippen LogP contribution in [0.15, 0.2) is 58.2 Å². The third-order valence-electron chi connectivity index (χ3n) is 3.92. The van der Waals surface area contributed by atoms with Crippen LogP contribution in [0.25, 0.3) is 5.69 Å². The van der Waals surface area contributed by atoms with Gasteiger partial charge in [-0.1, -0.05) is 12.1 Å². The summed E-state index contributed by atoms with van der Waals surface area (Å²) < 4.78 is 3.11. The summed E-state index contributed by atoms with van der Waals surface area (Å²) in [5.74, 6) is 0.105. The Morgan fingerprint density at radius 2 is 2.04 bits per heavy atom. The first-order chi connectivity index (χ1) is 12.5. The predicted octanol–water partition coefficient (Wildman–Crippen LogP) is 4.61. The number of halogens is 1. The van der Waals surface area contributed by atoms with Gasteiger partial charge in [0.25, 0.3) is 0 Å². The number of para-hydroxylation sites is 1. The number of rotatable bonds is 5. The molecule has 3 rings (SSSR count). The molecule has 1 N–H and O–H groups in total. The van der Waals surface area contributed by atoms with Crippen LogP contribution in [0.4, 0.5) is 11.5 Å². The van der Waals surface area contributed by atoms with Gasteiger partial charge >= 0.3 is 5.69 Å². The van der Waals surface area contributed by atoms with Crippen molar-refractivity contribution in [2.75, 3.05) is 5.43 Å². The molecule has 26 heavy (non-hydrogen) atoms. The summed E-state index contributed by atoms with van der Waals surface area (Å²) in [7, 11) is 0. The maximum Gasteiger partial charge on any atom is 0.313 e. The number of hydrogen-bond donors (Lipinski definition) is 1. The van der Waals surface area contributed by atoms with Crippen LogP contribution in [0.3, 0.4) is 0 Å². The van der Waals surface area contributed by atoms with Gasteiger partial charge in [0.2, 0.25) is 5.82 Å². The highest BCUT2D eigenvalue weighted by molar-refractivity contribution is 9.10. The van der Waals surface area contributed by atoms with Crippen LogP contribution in [0.2, 0.25) is 0 Å². The first kappa shape index (κ1) is 17.8. The second-order valence-electron chi connectivity index (χ2n) is 5.61. The Balaban J connectivity index is 1.88. The minimum atomic E-state index is -0.496. The minimum Gasteiger partial charge on any atom is -0.317 e. The van der Waals surface area contributed by atoms with Crippen molar-refractivity contribution in [2.45, 2.75) is 13.8 Å². The molecule has 0 atom stereocenters. The standard InChI is InChI=1S/C18H16BrN5O2/c1-12-10-14(13(2)23(12)16-7-4-3-6-15(16)19)11-21-22-18-17(24(25)26)8-5-9-20-18/h3-11H,1-2H3,(H,20,22). The Hall–Kier alpha value is -3.00. The van der Waals surface area contributed by atoms with Crippen molar-refractivity contribution >= 4 is 33.6 Å². The highest BCUT2D eigenvalue weighted by Crippen LogP contribution is 2.26. The molecule has 1 aromatic carbocycles. The maximum absolute atomic E-state index is 11.0. The van der Waals surface area contributed by atoms with Gasteiger partial charge in [0.05, 0.1) is 16.8 Å². The molecule has 0 radical (unpaired) electrons. The molecule has 0 spiro atoms. The second kappa shape index (κ2) is 7.49. The van der Waals surface area contributed by atoms with Gasteiger partial charge in [0, 0.05) is 33.7 Å². The fourth-order valence-electron chi connectivity index (χ4n) is 2.72. The van der Waals surface area contributed by atoms with Crippen molar-refractivity contribution in [2.24, 2.45) is 5.10 Å². The van der Waals surface area contributed by atoms with Gasteiger partial charge in [0.15, 0.2) is 0 Å². The van der Waals surface area contributed by atoms with Gasteiger partial charge in [-0.2, -0.15) is 5.10 Å². The lowest BCUT2D eigenvalue weighted by atomic mass is 10.2. The van der Waals surface area contributed by atoms with Crippen LogP contribution >= 0.6 is 15.9 Å². The van der Waals surface area contributed by atoms with E-state index in [4.69, 9.17) is 0 Å². The summed E-state index contributed by atoms with van der Waals surface area (Å²) in [6, 6.07) is 12.9. The first-order valence-corrected chi connectivity index (χ1v) is 8.60. The lowest BCUT2D eigenvalue weighted by molar-refractivity contribution is -0.384. The van der Waals surface area contributed by atoms with E-state index in [-0.39, 0.29) is 11.5 Å². The van der Waals surface area contributed by atoms with E-state index in [2.05, 4.69) is 36.0 Å². The van der Waals surface area contributed by atoms with Crippen molar-refractivity contribution < 1.29 is 4.92 Å². The monoisotopic (exact) mass is 413 g/mol. The number of aryl methyl sites for hydroxylation is 1. The van der Waals surface area contributed by atoms with Gasteiger partial charge in [-0.15, -0.1) is 0 Å². The number of aromatic nitrogens is 2. The number of nitrogens with one attached hydrogen (secondary N) is 1. The van der Waals surface area contributed by atoms with E-state index >= 15 is 0 Å². The Kier molecular flexibility index (Phi) is 5.13. The molecule has 3 aromatic rings. The molecular formula is C18H16BrN5O2. The maximum atomic E-state index is 11.0. The van der Waals surface area contributed by atoms with Gasteiger partial charge < -0.3 is 4.57 Å². The number of pyridine rings is 1. The predicted molar refractivity (Wildman–Crippen MR) is 105 cm³/mol. The largest absolute Gasteiger partial charge is 0.317 e. The number of nitro groups is 1. The van der Waals surface area contributed by atoms with Crippen molar-refractivity contribution in [1.29, 1.82) is 0 Å². The zero-order valence-electron chi connectivity index (χ0n) is 14.2. The Morgan fingerprint density at radius 1 is 1.27 bits per heavy atom. The van der Waals surface area contributed by atoms with E-state index in [0.717, 1.165) is 27.1 Å². The summed E-state index contributed by atoms with van der Waals surface area (Å²) in [5.41, 5.74) is 6.54. The fraction of sp³-hybridized carbons (Fsp3) is 0.111. The van der Waals surface area contributed by atoms with E-state index in [1.165, 1.54) is 18.3 Å². The van der Waals surface area contributed by atoms with E-state index in [1.54, 1.807) is 6.21 Å². The molecular weight excluding hydrogens is 398 g/mol. The zero-order valence-corrected chi connectivity index (χ0v) is 15.8. The molecule has 0 saturated heterocycles. The number of hydrazone groups is 1. The average Bonchev–Trinajstić information content (AvgIpc) is 2.90. The van der Waals surface area contributed by atoms with Crippen LogP contribution in [0, 0.1) is 24.0 Å². The molecule has 0 aliphatic rings. The number of hydrogen-bond acceptors (Lipinski definition) is 5. The van der Waals surface area contributed by atoms with Gasteiger partial charge in [-0.25, -0.2) is 4.98 Å². The molecule has 2 heterocycles. The SMILES string of the molecule is Cc1cc(C=NNc2ncccc2[N+](=O)[O-])c(C)n1-c1ccccc1Br. The third-order valence-corrected chi connectivity index (χ3v) is 4.59. The molecule has 0 unspecified atom stereocenters. The second-order valence-corrected chi connectivity index (χ2v) is 6.47. The smallest absolute Gasteiger partial charge is 0.313 e. The van der Waals surface area contributed by atoms with Gasteiger partial charge in [-0.3, -0.25) is 15.5 Å². The summed E-state index contributed by atoms with van der Waals surface area (Å²) in [6.45, 7) is 4.01. The summed E-state index contributed by atoms with van der Waals surface area (Å²) in [6.07, 6.45) is 3.11. The summed E-state index contributed by atoms with van der Waals surface area (Å²) in [4.78, 5) is 14.5. The summed E-state index contributed by atoms with van der Waals surface area (Å²) in [5, 5.41) is 15.1. The lowest BCUT2D eigenvalue weighted by Gasteiger charge is -2.11. The Bertz CT molecular complexity index is 997. The molecule has 0 aliphatic heterocycles. The van der Waals surface area contributed by atoms with E-state index in [9.17, 15) is 10.1 Å². The topological polar surface area (TPSA) is 85.3 Å². The zero-order chi connectivity index (χ0) is 18.7. The molecule has 0 aliphatic carbocycles. The summed E-state index contributed by atoms with van der Waals surface area (Å²) >= 11 is 3.58. The van der Waals surface area contributed by atoms with E-state index in [0.29, 0.717) is 0 Å². The van der Waals surface area contributed by atoms with Crippen molar-refractivity contribution in [3.63, 3.8) is 0 Å². The van der Waals surface area contributed by atoms with Crippen LogP contribution in [0.1, 0.15) is 17.0 Å². The molecule has 132 valence electrons. The molecule has 0 saturated carbocycles. The van der Waals surface area contributed by atoms with Gasteiger partial charge in [-0.05, 0) is 54.0 Å². The van der Waals surface area contributed by atoms with Crippen LogP contribution in [-0.2, 0) is 0 Å². The molecule has 8 heteroatoms. The number of anilines is 1. The quantitative estimate of drug-likeness (QED) is 0.376. The van der Waals surface area contributed by atoms with Gasteiger partial charge in [0.1, 0.15) is 0 Å². The average molecular weight is 414 g/mol. The molecule has 7 nitrogen and oxygen atoms in total. The molecule has 0 bridgehead atoms. The normalized spacial score (nSPS) is 11.0. The first-order valence-electron chi connectivity index (χ1n) is 7.81. The number of benzene rings is 1. The number of nitrogens with zero attached hydrogens (tertiary/aromatic N) is 4. The van der Waals surface area contributed by atoms with Crippen molar-refractivity contribution in [3.8, 4) is 5.69 Å². The lowest BCUT2D eigenvalue weighted by Crippen LogP contribution is -2.01. The van der Waals surface area contributed by atoms with Crippen molar-refractivity contribution in [1.82, 2.24) is 9.55 Å². The Morgan fingerprint density at radius 3 is 2.77 bits per heavy atom. The highest BCUT2D eigenvalue weighted by atomic mass is 79.9. The highest BCUT2D eigenvalue weighted by Gasteiger charge is 2.14. The van der Waals surface area contributed by atoms with Crippen LogP contribution in [-0.4, -0.2) is 20.7 Å². The fourth-order valence-corrected chi connectivity index (χ4v) is 3.18. The molecule has 2 aromatic heterocycles. The van der Waals surface area contributed by atoms with E-state index in [1.807, 2.05) is 44.2 Å². The molecule has 0 fully saturated rings. The minimum absolute atomic E-state index is 0.105. The van der Waals surface area contributed by atoms with E-state index < -0.39 is 4.92 Å². The van der Waals surface area contributed by atoms with Crippen LogP contribution < -0.4 is 5.43 Å². The van der Waals surface area contributed by atoms with Crippen LogP contribution in [0.5, 0.6) is 0 Å². The Labute approximate surface area is 158 Å². The van der Waals surface area contributed by atoms with Crippen molar-refractivity contribution in [3.05, 3.63) is 80.2 Å². The third kappa shape index (κ3) is 3.50.